The first-order valence-corrected chi connectivity index (χ1v) is 8.27. The SMILES string of the molecule is NN(C(=O)C=Cc1ccncc1)c1csc(-c2ccc(Cl)cc2)n1. The zero-order chi connectivity index (χ0) is 16.9. The number of nitrogens with zero attached hydrogens (tertiary/aromatic N) is 3. The van der Waals surface area contributed by atoms with Gasteiger partial charge >= 0.3 is 0 Å². The fourth-order valence-electron chi connectivity index (χ4n) is 1.94. The van der Waals surface area contributed by atoms with Gasteiger partial charge in [-0.15, -0.1) is 11.3 Å². The highest BCUT2D eigenvalue weighted by Gasteiger charge is 2.13. The van der Waals surface area contributed by atoms with Crippen LogP contribution in [0.25, 0.3) is 16.6 Å². The van der Waals surface area contributed by atoms with Gasteiger partial charge in [0.05, 0.1) is 0 Å². The molecule has 0 saturated carbocycles. The second-order valence-electron chi connectivity index (χ2n) is 4.84. The molecule has 0 radical (unpaired) electrons. The predicted molar refractivity (Wildman–Crippen MR) is 97.5 cm³/mol. The molecule has 0 bridgehead atoms. The van der Waals surface area contributed by atoms with Crippen LogP contribution in [-0.4, -0.2) is 15.9 Å². The molecule has 0 spiro atoms. The maximum absolute atomic E-state index is 12.2. The van der Waals surface area contributed by atoms with Crippen molar-refractivity contribution in [2.45, 2.75) is 0 Å². The molecular weight excluding hydrogens is 344 g/mol. The highest BCUT2D eigenvalue weighted by molar-refractivity contribution is 7.13. The number of carbonyl (C=O) groups is 1. The summed E-state index contributed by atoms with van der Waals surface area (Å²) in [5.74, 6) is 5.90. The Morgan fingerprint density at radius 2 is 1.88 bits per heavy atom. The van der Waals surface area contributed by atoms with Crippen LogP contribution in [0.2, 0.25) is 5.02 Å². The normalized spacial score (nSPS) is 10.9. The number of nitrogens with two attached hydrogens (primary N) is 1. The number of halogens is 1. The summed E-state index contributed by atoms with van der Waals surface area (Å²) in [7, 11) is 0. The zero-order valence-electron chi connectivity index (χ0n) is 12.5. The van der Waals surface area contributed by atoms with Gasteiger partial charge in [-0.25, -0.2) is 15.8 Å². The van der Waals surface area contributed by atoms with Crippen molar-refractivity contribution < 1.29 is 4.79 Å². The molecule has 1 amide bonds. The summed E-state index contributed by atoms with van der Waals surface area (Å²) in [4.78, 5) is 20.5. The molecule has 0 aliphatic carbocycles. The summed E-state index contributed by atoms with van der Waals surface area (Å²) in [5.41, 5.74) is 1.79. The molecule has 120 valence electrons. The zero-order valence-corrected chi connectivity index (χ0v) is 14.0. The average Bonchev–Trinajstić information content (AvgIpc) is 3.10. The summed E-state index contributed by atoms with van der Waals surface area (Å²) in [6.07, 6.45) is 6.39. The molecule has 0 saturated heterocycles. The molecule has 0 atom stereocenters. The van der Waals surface area contributed by atoms with E-state index in [1.54, 1.807) is 48.1 Å². The topological polar surface area (TPSA) is 72.1 Å². The van der Waals surface area contributed by atoms with E-state index in [1.165, 1.54) is 17.4 Å². The Balaban J connectivity index is 1.73. The molecule has 2 aromatic heterocycles. The Kier molecular flexibility index (Phi) is 5.00. The van der Waals surface area contributed by atoms with Crippen molar-refractivity contribution in [3.8, 4) is 10.6 Å². The molecule has 2 heterocycles. The van der Waals surface area contributed by atoms with Crippen molar-refractivity contribution in [3.63, 3.8) is 0 Å². The van der Waals surface area contributed by atoms with E-state index in [2.05, 4.69) is 9.97 Å². The molecule has 0 unspecified atom stereocenters. The molecule has 0 aliphatic heterocycles. The van der Waals surface area contributed by atoms with Gasteiger partial charge in [0.1, 0.15) is 5.01 Å². The fourth-order valence-corrected chi connectivity index (χ4v) is 2.86. The molecule has 0 aliphatic rings. The number of benzene rings is 1. The Hall–Kier alpha value is -2.54. The molecule has 7 heteroatoms. The van der Waals surface area contributed by atoms with E-state index >= 15 is 0 Å². The summed E-state index contributed by atoms with van der Waals surface area (Å²) < 4.78 is 0. The lowest BCUT2D eigenvalue weighted by Crippen LogP contribution is -2.36. The molecule has 5 nitrogen and oxygen atoms in total. The van der Waals surface area contributed by atoms with E-state index in [0.717, 1.165) is 21.1 Å². The van der Waals surface area contributed by atoms with Crippen molar-refractivity contribution >= 4 is 40.7 Å². The third-order valence-electron chi connectivity index (χ3n) is 3.19. The molecular formula is C17H13ClN4OS. The minimum Gasteiger partial charge on any atom is -0.268 e. The molecule has 3 rings (SSSR count). The highest BCUT2D eigenvalue weighted by atomic mass is 35.5. The Morgan fingerprint density at radius 3 is 2.58 bits per heavy atom. The van der Waals surface area contributed by atoms with E-state index in [4.69, 9.17) is 17.4 Å². The van der Waals surface area contributed by atoms with E-state index in [9.17, 15) is 4.79 Å². The second kappa shape index (κ2) is 7.35. The lowest BCUT2D eigenvalue weighted by atomic mass is 10.2. The summed E-state index contributed by atoms with van der Waals surface area (Å²) >= 11 is 7.29. The van der Waals surface area contributed by atoms with Crippen molar-refractivity contribution in [1.29, 1.82) is 0 Å². The number of rotatable bonds is 4. The lowest BCUT2D eigenvalue weighted by Gasteiger charge is -2.10. The standard InChI is InChI=1S/C17H13ClN4OS/c18-14-4-2-13(3-5-14)17-21-15(11-24-17)22(19)16(23)6-1-12-7-9-20-10-8-12/h1-11H,19H2. The Bertz CT molecular complexity index is 862. The van der Waals surface area contributed by atoms with E-state index < -0.39 is 0 Å². The van der Waals surface area contributed by atoms with Gasteiger partial charge in [0, 0.05) is 34.4 Å². The first-order valence-electron chi connectivity index (χ1n) is 7.02. The maximum Gasteiger partial charge on any atom is 0.266 e. The van der Waals surface area contributed by atoms with Crippen LogP contribution in [0.4, 0.5) is 5.82 Å². The van der Waals surface area contributed by atoms with Crippen LogP contribution in [0.1, 0.15) is 5.56 Å². The number of hydrazine groups is 1. The van der Waals surface area contributed by atoms with Crippen LogP contribution in [0.15, 0.2) is 60.2 Å². The molecule has 2 N–H and O–H groups in total. The summed E-state index contributed by atoms with van der Waals surface area (Å²) in [6.45, 7) is 0. The van der Waals surface area contributed by atoms with Crippen molar-refractivity contribution in [1.82, 2.24) is 9.97 Å². The number of aromatic nitrogens is 2. The lowest BCUT2D eigenvalue weighted by molar-refractivity contribution is -0.114. The van der Waals surface area contributed by atoms with Crippen LogP contribution in [0.3, 0.4) is 0 Å². The number of carbonyl (C=O) groups excluding carboxylic acids is 1. The molecule has 0 fully saturated rings. The van der Waals surface area contributed by atoms with Crippen LogP contribution < -0.4 is 10.9 Å². The number of pyridine rings is 1. The number of hydrogen-bond acceptors (Lipinski definition) is 5. The molecule has 24 heavy (non-hydrogen) atoms. The molecule has 1 aromatic carbocycles. The van der Waals surface area contributed by atoms with Crippen LogP contribution >= 0.6 is 22.9 Å². The van der Waals surface area contributed by atoms with Crippen molar-refractivity contribution in [3.05, 3.63) is 70.8 Å². The van der Waals surface area contributed by atoms with E-state index in [-0.39, 0.29) is 5.91 Å². The smallest absolute Gasteiger partial charge is 0.266 e. The molecule has 3 aromatic rings. The van der Waals surface area contributed by atoms with Crippen LogP contribution in [0.5, 0.6) is 0 Å². The van der Waals surface area contributed by atoms with Gasteiger partial charge in [-0.05, 0) is 35.9 Å². The van der Waals surface area contributed by atoms with Gasteiger partial charge in [0.2, 0.25) is 0 Å². The minimum atomic E-state index is -0.361. The van der Waals surface area contributed by atoms with Gasteiger partial charge in [0.15, 0.2) is 5.82 Å². The van der Waals surface area contributed by atoms with E-state index in [0.29, 0.717) is 10.8 Å². The maximum atomic E-state index is 12.2. The number of hydrogen-bond donors (Lipinski definition) is 1. The number of anilines is 1. The highest BCUT2D eigenvalue weighted by Crippen LogP contribution is 2.27. The van der Waals surface area contributed by atoms with Crippen molar-refractivity contribution in [2.75, 3.05) is 5.01 Å². The van der Waals surface area contributed by atoms with Gasteiger partial charge in [-0.2, -0.15) is 0 Å². The third kappa shape index (κ3) is 3.86. The first-order chi connectivity index (χ1) is 11.6. The van der Waals surface area contributed by atoms with Gasteiger partial charge in [-0.3, -0.25) is 9.78 Å². The van der Waals surface area contributed by atoms with Gasteiger partial charge < -0.3 is 0 Å². The monoisotopic (exact) mass is 356 g/mol. The van der Waals surface area contributed by atoms with Gasteiger partial charge in [0.25, 0.3) is 5.91 Å². The predicted octanol–water partition coefficient (Wildman–Crippen LogP) is 3.78. The second-order valence-corrected chi connectivity index (χ2v) is 6.13. The number of thiazole rings is 1. The average molecular weight is 357 g/mol. The van der Waals surface area contributed by atoms with Crippen LogP contribution in [-0.2, 0) is 4.79 Å². The Morgan fingerprint density at radius 1 is 1.17 bits per heavy atom. The van der Waals surface area contributed by atoms with Crippen LogP contribution in [0, 0.1) is 0 Å². The van der Waals surface area contributed by atoms with E-state index in [1.807, 2.05) is 12.1 Å². The summed E-state index contributed by atoms with van der Waals surface area (Å²) in [6, 6.07) is 10.9. The Labute approximate surface area is 148 Å². The third-order valence-corrected chi connectivity index (χ3v) is 4.32. The first kappa shape index (κ1) is 16.3. The quantitative estimate of drug-likeness (QED) is 0.334. The number of amides is 1. The minimum absolute atomic E-state index is 0.361. The fraction of sp³-hybridized carbons (Fsp3) is 0. The largest absolute Gasteiger partial charge is 0.268 e. The van der Waals surface area contributed by atoms with Gasteiger partial charge in [-0.1, -0.05) is 23.7 Å². The van der Waals surface area contributed by atoms with Crippen molar-refractivity contribution in [2.24, 2.45) is 5.84 Å². The summed E-state index contributed by atoms with van der Waals surface area (Å²) in [5, 5.41) is 4.19.